The molecule has 0 fully saturated rings. The molecular formula is C14H11BrClF2NO. The Hall–Kier alpha value is -1.33. The summed E-state index contributed by atoms with van der Waals surface area (Å²) in [4.78, 5) is 0. The molecule has 0 aliphatic carbocycles. The van der Waals surface area contributed by atoms with Crippen LogP contribution in [0.2, 0.25) is 5.02 Å². The minimum atomic E-state index is -0.733. The first kappa shape index (κ1) is 15.1. The smallest absolute Gasteiger partial charge is 0.169 e. The summed E-state index contributed by atoms with van der Waals surface area (Å²) in [6.07, 6.45) is 0. The Bertz CT molecular complexity index is 569. The van der Waals surface area contributed by atoms with Crippen LogP contribution >= 0.6 is 27.5 Å². The van der Waals surface area contributed by atoms with Gasteiger partial charge in [0.05, 0.1) is 4.47 Å². The molecule has 0 amide bonds. The third-order valence-corrected chi connectivity index (χ3v) is 3.33. The third-order valence-electron chi connectivity index (χ3n) is 2.48. The molecule has 1 N–H and O–H groups in total. The molecule has 20 heavy (non-hydrogen) atoms. The summed E-state index contributed by atoms with van der Waals surface area (Å²) in [5.41, 5.74) is 0.886. The quantitative estimate of drug-likeness (QED) is 0.766. The summed E-state index contributed by atoms with van der Waals surface area (Å²) in [7, 11) is 0. The molecule has 0 saturated carbocycles. The number of hydrogen-bond donors (Lipinski definition) is 1. The van der Waals surface area contributed by atoms with Crippen LogP contribution in [0.5, 0.6) is 5.75 Å². The number of hydrogen-bond acceptors (Lipinski definition) is 2. The summed E-state index contributed by atoms with van der Waals surface area (Å²) >= 11 is 8.83. The molecule has 0 aliphatic rings. The van der Waals surface area contributed by atoms with Gasteiger partial charge in [-0.1, -0.05) is 11.6 Å². The average molecular weight is 363 g/mol. The number of anilines is 1. The second-order valence-corrected chi connectivity index (χ2v) is 5.27. The van der Waals surface area contributed by atoms with Gasteiger partial charge < -0.3 is 10.1 Å². The first-order valence-electron chi connectivity index (χ1n) is 5.83. The Kier molecular flexibility index (Phi) is 5.20. The van der Waals surface area contributed by atoms with Crippen molar-refractivity contribution < 1.29 is 13.5 Å². The van der Waals surface area contributed by atoms with Crippen LogP contribution in [0.1, 0.15) is 0 Å². The minimum absolute atomic E-state index is 0.00399. The fourth-order valence-corrected chi connectivity index (χ4v) is 2.23. The molecule has 0 saturated heterocycles. The lowest BCUT2D eigenvalue weighted by atomic mass is 10.3. The van der Waals surface area contributed by atoms with Gasteiger partial charge in [0.25, 0.3) is 0 Å². The van der Waals surface area contributed by atoms with Gasteiger partial charge in [-0.25, -0.2) is 8.78 Å². The Labute approximate surface area is 128 Å². The highest BCUT2D eigenvalue weighted by atomic mass is 79.9. The van der Waals surface area contributed by atoms with Gasteiger partial charge in [0.1, 0.15) is 12.4 Å². The monoisotopic (exact) mass is 361 g/mol. The topological polar surface area (TPSA) is 21.3 Å². The Morgan fingerprint density at radius 1 is 1.15 bits per heavy atom. The third kappa shape index (κ3) is 4.08. The molecule has 0 aliphatic heterocycles. The molecule has 0 atom stereocenters. The molecule has 2 rings (SSSR count). The fraction of sp³-hybridized carbons (Fsp3) is 0.143. The minimum Gasteiger partial charge on any atom is -0.487 e. The largest absolute Gasteiger partial charge is 0.487 e. The molecule has 0 radical (unpaired) electrons. The maximum absolute atomic E-state index is 13.5. The summed E-state index contributed by atoms with van der Waals surface area (Å²) in [6, 6.07) is 9.13. The summed E-state index contributed by atoms with van der Waals surface area (Å²) < 4.78 is 31.9. The van der Waals surface area contributed by atoms with Crippen molar-refractivity contribution in [3.8, 4) is 5.75 Å². The van der Waals surface area contributed by atoms with Crippen molar-refractivity contribution in [2.75, 3.05) is 18.5 Å². The number of rotatable bonds is 5. The zero-order chi connectivity index (χ0) is 14.5. The van der Waals surface area contributed by atoms with Crippen molar-refractivity contribution in [1.82, 2.24) is 0 Å². The van der Waals surface area contributed by atoms with Gasteiger partial charge in [0, 0.05) is 23.3 Å². The van der Waals surface area contributed by atoms with Crippen LogP contribution < -0.4 is 10.1 Å². The second-order valence-electron chi connectivity index (χ2n) is 3.98. The Morgan fingerprint density at radius 3 is 2.50 bits per heavy atom. The van der Waals surface area contributed by atoms with E-state index in [1.54, 1.807) is 12.1 Å². The van der Waals surface area contributed by atoms with Crippen LogP contribution in [0, 0.1) is 11.6 Å². The van der Waals surface area contributed by atoms with Crippen molar-refractivity contribution in [3.63, 3.8) is 0 Å². The summed E-state index contributed by atoms with van der Waals surface area (Å²) in [5, 5.41) is 3.75. The van der Waals surface area contributed by atoms with E-state index in [4.69, 9.17) is 16.3 Å². The molecule has 2 nitrogen and oxygen atoms in total. The van der Waals surface area contributed by atoms with E-state index < -0.39 is 11.6 Å². The molecular weight excluding hydrogens is 352 g/mol. The van der Waals surface area contributed by atoms with E-state index in [1.807, 2.05) is 12.1 Å². The van der Waals surface area contributed by atoms with E-state index in [-0.39, 0.29) is 16.8 Å². The highest BCUT2D eigenvalue weighted by Crippen LogP contribution is 2.29. The lowest BCUT2D eigenvalue weighted by Gasteiger charge is -2.11. The van der Waals surface area contributed by atoms with Crippen LogP contribution in [0.3, 0.4) is 0 Å². The van der Waals surface area contributed by atoms with Gasteiger partial charge in [-0.05, 0) is 46.3 Å². The molecule has 0 heterocycles. The number of benzene rings is 2. The molecule has 6 heteroatoms. The number of nitrogens with one attached hydrogen (secondary N) is 1. The van der Waals surface area contributed by atoms with Crippen LogP contribution in [-0.4, -0.2) is 13.2 Å². The molecule has 0 unspecified atom stereocenters. The van der Waals surface area contributed by atoms with Crippen LogP contribution in [0.25, 0.3) is 0 Å². The number of halogens is 4. The molecule has 106 valence electrons. The maximum atomic E-state index is 13.5. The van der Waals surface area contributed by atoms with Crippen LogP contribution in [0.15, 0.2) is 40.9 Å². The van der Waals surface area contributed by atoms with Gasteiger partial charge in [-0.2, -0.15) is 0 Å². The number of ether oxygens (including phenoxy) is 1. The predicted octanol–water partition coefficient (Wildman–Crippen LogP) is 4.87. The first-order valence-corrected chi connectivity index (χ1v) is 7.00. The molecule has 0 aromatic heterocycles. The van der Waals surface area contributed by atoms with Crippen molar-refractivity contribution in [1.29, 1.82) is 0 Å². The normalized spacial score (nSPS) is 10.4. The van der Waals surface area contributed by atoms with Gasteiger partial charge in [0.2, 0.25) is 0 Å². The highest BCUT2D eigenvalue weighted by molar-refractivity contribution is 9.10. The lowest BCUT2D eigenvalue weighted by molar-refractivity contribution is 0.311. The summed E-state index contributed by atoms with van der Waals surface area (Å²) in [6.45, 7) is 0.717. The van der Waals surface area contributed by atoms with Crippen molar-refractivity contribution in [3.05, 3.63) is 57.5 Å². The maximum Gasteiger partial charge on any atom is 0.169 e. The zero-order valence-electron chi connectivity index (χ0n) is 10.3. The Morgan fingerprint density at radius 2 is 1.85 bits per heavy atom. The molecule has 2 aromatic rings. The van der Waals surface area contributed by atoms with E-state index in [9.17, 15) is 8.78 Å². The van der Waals surface area contributed by atoms with Crippen LogP contribution in [-0.2, 0) is 0 Å². The second kappa shape index (κ2) is 6.90. The van der Waals surface area contributed by atoms with Crippen LogP contribution in [0.4, 0.5) is 14.5 Å². The predicted molar refractivity (Wildman–Crippen MR) is 79.5 cm³/mol. The van der Waals surface area contributed by atoms with E-state index in [1.165, 1.54) is 0 Å². The summed E-state index contributed by atoms with van der Waals surface area (Å²) in [5.74, 6) is -1.38. The standard InChI is InChI=1S/C14H11BrClF2NO/c15-12-7-10(17)8-13(18)14(12)20-6-5-19-11-3-1-9(16)2-4-11/h1-4,7-8,19H,5-6H2. The highest BCUT2D eigenvalue weighted by Gasteiger charge is 2.10. The van der Waals surface area contributed by atoms with Gasteiger partial charge in [-0.3, -0.25) is 0 Å². The van der Waals surface area contributed by atoms with E-state index in [2.05, 4.69) is 21.2 Å². The Balaban J connectivity index is 1.86. The van der Waals surface area contributed by atoms with Crippen molar-refractivity contribution in [2.24, 2.45) is 0 Å². The average Bonchev–Trinajstić information content (AvgIpc) is 2.39. The molecule has 0 spiro atoms. The van der Waals surface area contributed by atoms with Gasteiger partial charge >= 0.3 is 0 Å². The first-order chi connectivity index (χ1) is 9.56. The van der Waals surface area contributed by atoms with E-state index in [0.29, 0.717) is 11.6 Å². The molecule has 0 bridgehead atoms. The van der Waals surface area contributed by atoms with Crippen molar-refractivity contribution in [2.45, 2.75) is 0 Å². The zero-order valence-corrected chi connectivity index (χ0v) is 12.6. The van der Waals surface area contributed by atoms with Gasteiger partial charge in [-0.15, -0.1) is 0 Å². The molecule has 2 aromatic carbocycles. The van der Waals surface area contributed by atoms with E-state index in [0.717, 1.165) is 17.8 Å². The lowest BCUT2D eigenvalue weighted by Crippen LogP contribution is -2.12. The SMILES string of the molecule is Fc1cc(F)c(OCCNc2ccc(Cl)cc2)c(Br)c1. The fourth-order valence-electron chi connectivity index (χ4n) is 1.58. The van der Waals surface area contributed by atoms with Crippen molar-refractivity contribution >= 4 is 33.2 Å². The van der Waals surface area contributed by atoms with Gasteiger partial charge in [0.15, 0.2) is 11.6 Å². The van der Waals surface area contributed by atoms with E-state index >= 15 is 0 Å².